The highest BCUT2D eigenvalue weighted by Gasteiger charge is 2.40. The Morgan fingerprint density at radius 2 is 1.85 bits per heavy atom. The van der Waals surface area contributed by atoms with Crippen molar-refractivity contribution in [1.82, 2.24) is 9.62 Å². The Kier molecular flexibility index (Phi) is 5.29. The molecule has 2 N–H and O–H groups in total. The SMILES string of the molecule is O=C(NC(C(=O)O)C1CC1)C1CCCN(S(=O)(=O)c2ccc(F)cc2)C1. The van der Waals surface area contributed by atoms with E-state index >= 15 is 0 Å². The molecule has 3 rings (SSSR count). The van der Waals surface area contributed by atoms with Crippen LogP contribution in [0.3, 0.4) is 0 Å². The van der Waals surface area contributed by atoms with Gasteiger partial charge in [-0.05, 0) is 55.9 Å². The summed E-state index contributed by atoms with van der Waals surface area (Å²) in [4.78, 5) is 23.7. The molecule has 7 nitrogen and oxygen atoms in total. The van der Waals surface area contributed by atoms with Crippen molar-refractivity contribution in [2.75, 3.05) is 13.1 Å². The highest BCUT2D eigenvalue weighted by atomic mass is 32.2. The number of hydrogen-bond acceptors (Lipinski definition) is 4. The summed E-state index contributed by atoms with van der Waals surface area (Å²) in [7, 11) is -3.82. The Hall–Kier alpha value is -2.00. The van der Waals surface area contributed by atoms with Crippen molar-refractivity contribution in [2.45, 2.75) is 36.6 Å². The maximum Gasteiger partial charge on any atom is 0.326 e. The lowest BCUT2D eigenvalue weighted by Gasteiger charge is -2.31. The van der Waals surface area contributed by atoms with E-state index < -0.39 is 39.7 Å². The second-order valence-corrected chi connectivity index (χ2v) is 8.76. The van der Waals surface area contributed by atoms with Crippen LogP contribution in [0.25, 0.3) is 0 Å². The van der Waals surface area contributed by atoms with E-state index in [2.05, 4.69) is 5.32 Å². The number of aliphatic carboxylic acids is 1. The van der Waals surface area contributed by atoms with Gasteiger partial charge in [-0.25, -0.2) is 17.6 Å². The molecule has 1 saturated heterocycles. The van der Waals surface area contributed by atoms with Gasteiger partial charge in [0.15, 0.2) is 0 Å². The van der Waals surface area contributed by atoms with Crippen molar-refractivity contribution in [3.8, 4) is 0 Å². The molecule has 1 aliphatic carbocycles. The molecule has 1 heterocycles. The Labute approximate surface area is 151 Å². The van der Waals surface area contributed by atoms with E-state index in [1.807, 2.05) is 0 Å². The number of nitrogens with one attached hydrogen (secondary N) is 1. The monoisotopic (exact) mass is 384 g/mol. The molecule has 1 amide bonds. The van der Waals surface area contributed by atoms with Crippen LogP contribution in [0, 0.1) is 17.7 Å². The number of hydrogen-bond donors (Lipinski definition) is 2. The average molecular weight is 384 g/mol. The number of carbonyl (C=O) groups is 2. The fourth-order valence-corrected chi connectivity index (χ4v) is 4.74. The fourth-order valence-electron chi connectivity index (χ4n) is 3.21. The first-order chi connectivity index (χ1) is 12.3. The summed E-state index contributed by atoms with van der Waals surface area (Å²) in [5.41, 5.74) is 0. The molecule has 1 saturated carbocycles. The van der Waals surface area contributed by atoms with Crippen LogP contribution in [0.2, 0.25) is 0 Å². The number of carboxylic acid groups (broad SMARTS) is 1. The lowest BCUT2D eigenvalue weighted by atomic mass is 9.98. The minimum Gasteiger partial charge on any atom is -0.480 e. The summed E-state index contributed by atoms with van der Waals surface area (Å²) in [6, 6.07) is 3.64. The third-order valence-electron chi connectivity index (χ3n) is 4.86. The standard InChI is InChI=1S/C17H21FN2O5S/c18-13-5-7-14(8-6-13)26(24,25)20-9-1-2-12(10-20)16(21)19-15(17(22)23)11-3-4-11/h5-8,11-12,15H,1-4,9-10H2,(H,19,21)(H,22,23). The van der Waals surface area contributed by atoms with E-state index in [0.29, 0.717) is 12.8 Å². The molecule has 1 aromatic rings. The predicted octanol–water partition coefficient (Wildman–Crippen LogP) is 1.21. The van der Waals surface area contributed by atoms with Gasteiger partial charge in [-0.15, -0.1) is 0 Å². The van der Waals surface area contributed by atoms with E-state index in [0.717, 1.165) is 25.0 Å². The summed E-state index contributed by atoms with van der Waals surface area (Å²) in [5.74, 6) is -2.66. The lowest BCUT2D eigenvalue weighted by Crippen LogP contribution is -2.50. The Morgan fingerprint density at radius 1 is 1.19 bits per heavy atom. The number of piperidine rings is 1. The number of sulfonamides is 1. The van der Waals surface area contributed by atoms with Gasteiger partial charge in [-0.2, -0.15) is 4.31 Å². The maximum absolute atomic E-state index is 13.0. The molecule has 2 fully saturated rings. The second-order valence-electron chi connectivity index (χ2n) is 6.82. The van der Waals surface area contributed by atoms with E-state index in [1.165, 1.54) is 16.4 Å². The number of halogens is 1. The molecule has 0 aromatic heterocycles. The van der Waals surface area contributed by atoms with Crippen LogP contribution in [0.1, 0.15) is 25.7 Å². The zero-order valence-corrected chi connectivity index (χ0v) is 14.9. The summed E-state index contributed by atoms with van der Waals surface area (Å²) in [6.07, 6.45) is 2.54. The smallest absolute Gasteiger partial charge is 0.326 e. The van der Waals surface area contributed by atoms with E-state index in [9.17, 15) is 27.5 Å². The van der Waals surface area contributed by atoms with Crippen molar-refractivity contribution in [3.63, 3.8) is 0 Å². The van der Waals surface area contributed by atoms with Crippen molar-refractivity contribution >= 4 is 21.9 Å². The molecule has 2 atom stereocenters. The molecule has 2 aliphatic rings. The van der Waals surface area contributed by atoms with Crippen molar-refractivity contribution in [2.24, 2.45) is 11.8 Å². The molecular weight excluding hydrogens is 363 g/mol. The molecule has 0 bridgehead atoms. The predicted molar refractivity (Wildman–Crippen MR) is 90.2 cm³/mol. The molecule has 9 heteroatoms. The Balaban J connectivity index is 1.69. The van der Waals surface area contributed by atoms with Gasteiger partial charge in [0.05, 0.1) is 10.8 Å². The van der Waals surface area contributed by atoms with Crippen molar-refractivity contribution < 1.29 is 27.5 Å². The lowest BCUT2D eigenvalue weighted by molar-refractivity contribution is -0.143. The molecule has 1 aromatic carbocycles. The minimum absolute atomic E-state index is 0.0114. The number of benzene rings is 1. The zero-order chi connectivity index (χ0) is 18.9. The van der Waals surface area contributed by atoms with Gasteiger partial charge in [0.25, 0.3) is 0 Å². The van der Waals surface area contributed by atoms with Gasteiger partial charge in [0.1, 0.15) is 11.9 Å². The van der Waals surface area contributed by atoms with Gasteiger partial charge in [0, 0.05) is 13.1 Å². The molecule has 1 aliphatic heterocycles. The van der Waals surface area contributed by atoms with Crippen LogP contribution in [0.15, 0.2) is 29.2 Å². The van der Waals surface area contributed by atoms with Gasteiger partial charge in [0.2, 0.25) is 15.9 Å². The molecule has 2 unspecified atom stereocenters. The molecule has 0 spiro atoms. The number of nitrogens with zero attached hydrogens (tertiary/aromatic N) is 1. The van der Waals surface area contributed by atoms with Crippen molar-refractivity contribution in [1.29, 1.82) is 0 Å². The van der Waals surface area contributed by atoms with Gasteiger partial charge in [-0.3, -0.25) is 4.79 Å². The summed E-state index contributed by atoms with van der Waals surface area (Å²) >= 11 is 0. The van der Waals surface area contributed by atoms with Crippen LogP contribution in [-0.4, -0.2) is 48.8 Å². The molecular formula is C17H21FN2O5S. The van der Waals surface area contributed by atoms with E-state index in [-0.39, 0.29) is 23.9 Å². The van der Waals surface area contributed by atoms with Crippen LogP contribution in [0.5, 0.6) is 0 Å². The first kappa shape index (κ1) is 18.8. The quantitative estimate of drug-likeness (QED) is 0.767. The van der Waals surface area contributed by atoms with Gasteiger partial charge < -0.3 is 10.4 Å². The Bertz CT molecular complexity index is 792. The van der Waals surface area contributed by atoms with E-state index in [4.69, 9.17) is 0 Å². The zero-order valence-electron chi connectivity index (χ0n) is 14.1. The largest absolute Gasteiger partial charge is 0.480 e. The van der Waals surface area contributed by atoms with E-state index in [1.54, 1.807) is 0 Å². The van der Waals surface area contributed by atoms with Gasteiger partial charge in [-0.1, -0.05) is 0 Å². The Morgan fingerprint density at radius 3 is 2.42 bits per heavy atom. The second kappa shape index (κ2) is 7.32. The van der Waals surface area contributed by atoms with Crippen LogP contribution in [0.4, 0.5) is 4.39 Å². The topological polar surface area (TPSA) is 104 Å². The molecule has 26 heavy (non-hydrogen) atoms. The normalized spacial score (nSPS) is 22.6. The number of amides is 1. The third kappa shape index (κ3) is 4.04. The number of carbonyl (C=O) groups excluding carboxylic acids is 1. The van der Waals surface area contributed by atoms with Crippen LogP contribution >= 0.6 is 0 Å². The van der Waals surface area contributed by atoms with Gasteiger partial charge >= 0.3 is 5.97 Å². The number of rotatable bonds is 6. The highest BCUT2D eigenvalue weighted by molar-refractivity contribution is 7.89. The number of carboxylic acids is 1. The van der Waals surface area contributed by atoms with Crippen LogP contribution in [-0.2, 0) is 19.6 Å². The summed E-state index contributed by atoms with van der Waals surface area (Å²) < 4.78 is 39.6. The first-order valence-corrected chi connectivity index (χ1v) is 10.0. The van der Waals surface area contributed by atoms with Crippen LogP contribution < -0.4 is 5.32 Å². The minimum atomic E-state index is -3.82. The summed E-state index contributed by atoms with van der Waals surface area (Å²) in [6.45, 7) is 0.261. The fraction of sp³-hybridized carbons (Fsp3) is 0.529. The molecule has 0 radical (unpaired) electrons. The average Bonchev–Trinajstić information content (AvgIpc) is 3.44. The van der Waals surface area contributed by atoms with Crippen molar-refractivity contribution in [3.05, 3.63) is 30.1 Å². The highest BCUT2D eigenvalue weighted by Crippen LogP contribution is 2.33. The third-order valence-corrected chi connectivity index (χ3v) is 6.74. The molecule has 142 valence electrons. The maximum atomic E-state index is 13.0. The first-order valence-electron chi connectivity index (χ1n) is 8.58. The summed E-state index contributed by atoms with van der Waals surface area (Å²) in [5, 5.41) is 11.8.